The molecule has 1 aromatic carbocycles. The van der Waals surface area contributed by atoms with Crippen molar-refractivity contribution in [3.63, 3.8) is 0 Å². The zero-order valence-electron chi connectivity index (χ0n) is 15.4. The number of nitrogens with two attached hydrogens (primary N) is 1. The zero-order chi connectivity index (χ0) is 19.0. The first-order valence-electron chi connectivity index (χ1n) is 8.72. The summed E-state index contributed by atoms with van der Waals surface area (Å²) in [5, 5.41) is 9.20. The third kappa shape index (κ3) is 6.44. The highest BCUT2D eigenvalue weighted by Crippen LogP contribution is 2.22. The van der Waals surface area contributed by atoms with Crippen LogP contribution in [0.3, 0.4) is 0 Å². The lowest BCUT2D eigenvalue weighted by atomic mass is 9.98. The summed E-state index contributed by atoms with van der Waals surface area (Å²) in [7, 11) is 1.62. The summed E-state index contributed by atoms with van der Waals surface area (Å²) in [6, 6.07) is 11.3. The number of rotatable bonds is 11. The van der Waals surface area contributed by atoms with Crippen LogP contribution in [0.2, 0.25) is 0 Å². The van der Waals surface area contributed by atoms with Gasteiger partial charge in [-0.25, -0.2) is 0 Å². The van der Waals surface area contributed by atoms with Crippen LogP contribution in [0.5, 0.6) is 11.5 Å². The molecular formula is C20H27NO4S. The Morgan fingerprint density at radius 2 is 2.04 bits per heavy atom. The molecule has 0 bridgehead atoms. The molecule has 142 valence electrons. The third-order valence-corrected chi connectivity index (χ3v) is 5.28. The lowest BCUT2D eigenvalue weighted by Crippen LogP contribution is -2.40. The quantitative estimate of drug-likeness (QED) is 0.463. The summed E-state index contributed by atoms with van der Waals surface area (Å²) >= 11 is 1.51. The fourth-order valence-corrected chi connectivity index (χ4v) is 3.36. The van der Waals surface area contributed by atoms with Crippen molar-refractivity contribution in [3.05, 3.63) is 46.2 Å². The maximum atomic E-state index is 12.3. The number of aryl methyl sites for hydroxylation is 1. The molecule has 1 heterocycles. The van der Waals surface area contributed by atoms with Crippen LogP contribution in [-0.2, 0) is 6.42 Å². The highest BCUT2D eigenvalue weighted by atomic mass is 32.1. The van der Waals surface area contributed by atoms with Crippen LogP contribution in [0.1, 0.15) is 40.7 Å². The van der Waals surface area contributed by atoms with E-state index in [1.165, 1.54) is 11.3 Å². The molecule has 2 aromatic rings. The largest absolute Gasteiger partial charge is 0.497 e. The van der Waals surface area contributed by atoms with Gasteiger partial charge in [-0.3, -0.25) is 4.79 Å². The van der Waals surface area contributed by atoms with Crippen molar-refractivity contribution in [1.82, 2.24) is 0 Å². The van der Waals surface area contributed by atoms with Gasteiger partial charge in [-0.2, -0.15) is 0 Å². The molecule has 5 nitrogen and oxygen atoms in total. The summed E-state index contributed by atoms with van der Waals surface area (Å²) in [5.74, 6) is 1.62. The summed E-state index contributed by atoms with van der Waals surface area (Å²) in [4.78, 5) is 14.2. The second kappa shape index (κ2) is 9.71. The monoisotopic (exact) mass is 377 g/mol. The van der Waals surface area contributed by atoms with Gasteiger partial charge in [-0.1, -0.05) is 6.07 Å². The molecule has 0 amide bonds. The lowest BCUT2D eigenvalue weighted by Gasteiger charge is -2.20. The molecule has 1 aromatic heterocycles. The molecule has 3 N–H and O–H groups in total. The van der Waals surface area contributed by atoms with Crippen molar-refractivity contribution in [1.29, 1.82) is 0 Å². The van der Waals surface area contributed by atoms with Gasteiger partial charge in [-0.15, -0.1) is 11.3 Å². The molecule has 2 rings (SSSR count). The second-order valence-electron chi connectivity index (χ2n) is 6.63. The van der Waals surface area contributed by atoms with Crippen molar-refractivity contribution in [3.8, 4) is 11.5 Å². The summed E-state index contributed by atoms with van der Waals surface area (Å²) in [5.41, 5.74) is 5.37. The predicted molar refractivity (Wildman–Crippen MR) is 104 cm³/mol. The Bertz CT molecular complexity index is 711. The Morgan fingerprint density at radius 3 is 2.77 bits per heavy atom. The van der Waals surface area contributed by atoms with Crippen LogP contribution in [0.25, 0.3) is 0 Å². The van der Waals surface area contributed by atoms with E-state index in [4.69, 9.17) is 15.2 Å². The van der Waals surface area contributed by atoms with Crippen molar-refractivity contribution in [2.75, 3.05) is 20.3 Å². The Labute approximate surface area is 158 Å². The fraction of sp³-hybridized carbons (Fsp3) is 0.450. The summed E-state index contributed by atoms with van der Waals surface area (Å²) in [6.07, 6.45) is 2.57. The lowest BCUT2D eigenvalue weighted by molar-refractivity contribution is 0.0977. The van der Waals surface area contributed by atoms with E-state index < -0.39 is 5.54 Å². The van der Waals surface area contributed by atoms with E-state index >= 15 is 0 Å². The minimum Gasteiger partial charge on any atom is -0.497 e. The third-order valence-electron chi connectivity index (χ3n) is 4.10. The van der Waals surface area contributed by atoms with E-state index in [0.29, 0.717) is 25.9 Å². The van der Waals surface area contributed by atoms with Crippen LogP contribution in [0.15, 0.2) is 36.4 Å². The number of carbonyl (C=O) groups is 1. The highest BCUT2D eigenvalue weighted by Gasteiger charge is 2.17. The van der Waals surface area contributed by atoms with Crippen LogP contribution < -0.4 is 15.2 Å². The molecular weight excluding hydrogens is 350 g/mol. The standard InChI is InChI=1S/C20H27NO4S/c1-20(21,14-22)11-10-17-8-9-19(26-17)18(23)7-4-12-25-16-6-3-5-15(13-16)24-2/h3,5-6,8-9,13,22H,4,7,10-12,14,21H2,1-2H3. The van der Waals surface area contributed by atoms with Gasteiger partial charge in [0.2, 0.25) is 0 Å². The Kier molecular flexibility index (Phi) is 7.63. The molecule has 6 heteroatoms. The number of methoxy groups -OCH3 is 1. The van der Waals surface area contributed by atoms with Gasteiger partial charge in [0.05, 0.1) is 25.2 Å². The number of aliphatic hydroxyl groups is 1. The average Bonchev–Trinajstić information content (AvgIpc) is 3.13. The van der Waals surface area contributed by atoms with E-state index in [0.717, 1.165) is 27.7 Å². The zero-order valence-corrected chi connectivity index (χ0v) is 16.2. The Hall–Kier alpha value is -1.89. The first-order valence-corrected chi connectivity index (χ1v) is 9.54. The van der Waals surface area contributed by atoms with Gasteiger partial charge in [0.1, 0.15) is 11.5 Å². The van der Waals surface area contributed by atoms with Gasteiger partial charge < -0.3 is 20.3 Å². The topological polar surface area (TPSA) is 81.8 Å². The van der Waals surface area contributed by atoms with Crippen LogP contribution in [-0.4, -0.2) is 36.8 Å². The number of benzene rings is 1. The molecule has 0 aliphatic carbocycles. The first kappa shape index (κ1) is 20.4. The van der Waals surface area contributed by atoms with Crippen molar-refractivity contribution < 1.29 is 19.4 Å². The first-order chi connectivity index (χ1) is 12.4. The molecule has 1 unspecified atom stereocenters. The van der Waals surface area contributed by atoms with Gasteiger partial charge in [0.15, 0.2) is 5.78 Å². The number of carbonyl (C=O) groups excluding carboxylic acids is 1. The SMILES string of the molecule is COc1cccc(OCCCC(=O)c2ccc(CCC(C)(N)CO)s2)c1. The molecule has 0 saturated heterocycles. The number of hydrogen-bond acceptors (Lipinski definition) is 6. The van der Waals surface area contributed by atoms with E-state index in [1.807, 2.05) is 43.3 Å². The number of aliphatic hydroxyl groups excluding tert-OH is 1. The predicted octanol–water partition coefficient (Wildman–Crippen LogP) is 3.44. The second-order valence-corrected chi connectivity index (χ2v) is 7.80. The minimum absolute atomic E-state index is 0.0442. The highest BCUT2D eigenvalue weighted by molar-refractivity contribution is 7.14. The molecule has 0 fully saturated rings. The molecule has 0 radical (unpaired) electrons. The summed E-state index contributed by atoms with van der Waals surface area (Å²) in [6.45, 7) is 2.27. The molecule has 0 saturated carbocycles. The summed E-state index contributed by atoms with van der Waals surface area (Å²) < 4.78 is 10.8. The van der Waals surface area contributed by atoms with Gasteiger partial charge in [0.25, 0.3) is 0 Å². The average molecular weight is 378 g/mol. The smallest absolute Gasteiger partial charge is 0.172 e. The minimum atomic E-state index is -0.578. The fourth-order valence-electron chi connectivity index (χ4n) is 2.39. The molecule has 0 aliphatic rings. The van der Waals surface area contributed by atoms with Crippen LogP contribution in [0.4, 0.5) is 0 Å². The molecule has 0 spiro atoms. The maximum absolute atomic E-state index is 12.3. The van der Waals surface area contributed by atoms with E-state index in [-0.39, 0.29) is 12.4 Å². The number of Topliss-reactive ketones (excluding diaryl/α,β-unsaturated/α-hetero) is 1. The maximum Gasteiger partial charge on any atom is 0.172 e. The van der Waals surface area contributed by atoms with Gasteiger partial charge in [0, 0.05) is 22.9 Å². The Balaban J connectivity index is 1.74. The van der Waals surface area contributed by atoms with Crippen molar-refractivity contribution in [2.45, 2.75) is 38.1 Å². The van der Waals surface area contributed by atoms with Crippen LogP contribution in [0, 0.1) is 0 Å². The van der Waals surface area contributed by atoms with Crippen molar-refractivity contribution in [2.24, 2.45) is 5.73 Å². The Morgan fingerprint density at radius 1 is 1.27 bits per heavy atom. The number of thiophene rings is 1. The van der Waals surface area contributed by atoms with E-state index in [9.17, 15) is 9.90 Å². The normalized spacial score (nSPS) is 13.2. The molecule has 0 aliphatic heterocycles. The number of hydrogen-bond donors (Lipinski definition) is 2. The van der Waals surface area contributed by atoms with E-state index in [1.54, 1.807) is 7.11 Å². The molecule has 26 heavy (non-hydrogen) atoms. The molecule has 1 atom stereocenters. The number of ketones is 1. The van der Waals surface area contributed by atoms with E-state index in [2.05, 4.69) is 0 Å². The van der Waals surface area contributed by atoms with Gasteiger partial charge in [-0.05, 0) is 50.5 Å². The van der Waals surface area contributed by atoms with Crippen LogP contribution >= 0.6 is 11.3 Å². The number of ether oxygens (including phenoxy) is 2. The van der Waals surface area contributed by atoms with Gasteiger partial charge >= 0.3 is 0 Å². The van der Waals surface area contributed by atoms with Crippen molar-refractivity contribution >= 4 is 17.1 Å².